The second-order valence-corrected chi connectivity index (χ2v) is 5.75. The number of rotatable bonds is 6. The van der Waals surface area contributed by atoms with Crippen LogP contribution in [0.2, 0.25) is 0 Å². The van der Waals surface area contributed by atoms with Crippen molar-refractivity contribution in [3.63, 3.8) is 0 Å². The van der Waals surface area contributed by atoms with Crippen molar-refractivity contribution in [3.8, 4) is 11.6 Å². The molecular formula is C13H16F4N4O. The molecule has 0 bridgehead atoms. The van der Waals surface area contributed by atoms with E-state index in [1.54, 1.807) is 0 Å². The summed E-state index contributed by atoms with van der Waals surface area (Å²) >= 11 is 0. The fourth-order valence-corrected chi connectivity index (χ4v) is 1.77. The molecule has 0 aliphatic heterocycles. The van der Waals surface area contributed by atoms with E-state index in [0.717, 1.165) is 11.6 Å². The molecule has 2 aromatic heterocycles. The highest BCUT2D eigenvalue weighted by molar-refractivity contribution is 5.46. The van der Waals surface area contributed by atoms with E-state index in [4.69, 9.17) is 4.52 Å². The van der Waals surface area contributed by atoms with Gasteiger partial charge in [-0.1, -0.05) is 19.0 Å². The Bertz CT molecular complexity index is 630. The molecule has 22 heavy (non-hydrogen) atoms. The van der Waals surface area contributed by atoms with Gasteiger partial charge in [-0.25, -0.2) is 17.6 Å². The van der Waals surface area contributed by atoms with Gasteiger partial charge in [-0.2, -0.15) is 10.1 Å². The summed E-state index contributed by atoms with van der Waals surface area (Å²) < 4.78 is 57.9. The van der Waals surface area contributed by atoms with Crippen molar-refractivity contribution < 1.29 is 22.1 Å². The lowest BCUT2D eigenvalue weighted by molar-refractivity contribution is -0.0889. The highest BCUT2D eigenvalue weighted by Crippen LogP contribution is 2.38. The van der Waals surface area contributed by atoms with Crippen molar-refractivity contribution in [2.24, 2.45) is 5.41 Å². The summed E-state index contributed by atoms with van der Waals surface area (Å²) in [6, 6.07) is 1.44. The van der Waals surface area contributed by atoms with Gasteiger partial charge in [0.2, 0.25) is 0 Å². The van der Waals surface area contributed by atoms with Crippen LogP contribution < -0.4 is 0 Å². The predicted octanol–water partition coefficient (Wildman–Crippen LogP) is 3.42. The first-order valence-corrected chi connectivity index (χ1v) is 6.61. The van der Waals surface area contributed by atoms with E-state index in [2.05, 4.69) is 15.2 Å². The molecule has 2 rings (SSSR count). The molecule has 122 valence electrons. The van der Waals surface area contributed by atoms with Crippen molar-refractivity contribution >= 4 is 0 Å². The maximum Gasteiger partial charge on any atom is 0.276 e. The van der Waals surface area contributed by atoms with Crippen molar-refractivity contribution in [2.45, 2.75) is 46.1 Å². The zero-order valence-corrected chi connectivity index (χ0v) is 12.4. The molecule has 0 saturated carbocycles. The quantitative estimate of drug-likeness (QED) is 0.765. The molecule has 5 nitrogen and oxygen atoms in total. The van der Waals surface area contributed by atoms with Crippen molar-refractivity contribution in [1.29, 1.82) is 0 Å². The molecular weight excluding hydrogens is 304 g/mol. The zero-order valence-electron chi connectivity index (χ0n) is 12.4. The lowest BCUT2D eigenvalue weighted by Crippen LogP contribution is -2.35. The van der Waals surface area contributed by atoms with Gasteiger partial charge in [-0.05, 0) is 13.0 Å². The Balaban J connectivity index is 2.21. The largest absolute Gasteiger partial charge is 0.332 e. The van der Waals surface area contributed by atoms with Gasteiger partial charge in [0.25, 0.3) is 18.2 Å². The van der Waals surface area contributed by atoms with Gasteiger partial charge in [0.1, 0.15) is 12.2 Å². The number of nitrogens with zero attached hydrogens (tertiary/aromatic N) is 4. The number of aromatic nitrogens is 4. The molecule has 0 saturated heterocycles. The van der Waals surface area contributed by atoms with Gasteiger partial charge in [0, 0.05) is 18.0 Å². The molecule has 0 unspecified atom stereocenters. The predicted molar refractivity (Wildman–Crippen MR) is 69.6 cm³/mol. The highest BCUT2D eigenvalue weighted by Gasteiger charge is 2.43. The summed E-state index contributed by atoms with van der Waals surface area (Å²) in [4.78, 5) is 4.00. The molecule has 0 aliphatic rings. The first kappa shape index (κ1) is 16.4. The lowest BCUT2D eigenvalue weighted by atomic mass is 9.83. The maximum atomic E-state index is 13.5. The SMILES string of the molecule is CC(F)(F)C(C)(C)Cc1noc(-c2ccnn2CC(F)F)n1. The van der Waals surface area contributed by atoms with Crippen LogP contribution in [-0.4, -0.2) is 32.3 Å². The van der Waals surface area contributed by atoms with E-state index in [-0.39, 0.29) is 23.8 Å². The Hall–Kier alpha value is -1.93. The van der Waals surface area contributed by atoms with E-state index in [0.29, 0.717) is 0 Å². The summed E-state index contributed by atoms with van der Waals surface area (Å²) in [5.74, 6) is -2.86. The van der Waals surface area contributed by atoms with Crippen LogP contribution in [0.5, 0.6) is 0 Å². The van der Waals surface area contributed by atoms with Gasteiger partial charge in [-0.15, -0.1) is 0 Å². The van der Waals surface area contributed by atoms with Crippen LogP contribution in [0.1, 0.15) is 26.6 Å². The van der Waals surface area contributed by atoms with Crippen LogP contribution in [0, 0.1) is 5.41 Å². The average Bonchev–Trinajstić information content (AvgIpc) is 2.95. The van der Waals surface area contributed by atoms with Gasteiger partial charge in [-0.3, -0.25) is 4.68 Å². The van der Waals surface area contributed by atoms with Crippen molar-refractivity contribution in [2.75, 3.05) is 0 Å². The van der Waals surface area contributed by atoms with E-state index < -0.39 is 24.3 Å². The molecule has 0 aromatic carbocycles. The Kier molecular flexibility index (Phi) is 4.25. The smallest absolute Gasteiger partial charge is 0.276 e. The number of alkyl halides is 4. The second-order valence-electron chi connectivity index (χ2n) is 5.75. The zero-order chi connectivity index (χ0) is 16.5. The van der Waals surface area contributed by atoms with Gasteiger partial charge < -0.3 is 4.52 Å². The van der Waals surface area contributed by atoms with E-state index in [1.165, 1.54) is 26.1 Å². The van der Waals surface area contributed by atoms with Crippen LogP contribution in [0.4, 0.5) is 17.6 Å². The minimum Gasteiger partial charge on any atom is -0.332 e. The molecule has 9 heteroatoms. The summed E-state index contributed by atoms with van der Waals surface area (Å²) in [6.45, 7) is 3.00. The van der Waals surface area contributed by atoms with Gasteiger partial charge in [0.05, 0.1) is 0 Å². The molecule has 0 amide bonds. The molecule has 0 fully saturated rings. The monoisotopic (exact) mass is 320 g/mol. The molecule has 0 atom stereocenters. The van der Waals surface area contributed by atoms with Crippen LogP contribution in [0.3, 0.4) is 0 Å². The Morgan fingerprint density at radius 3 is 2.55 bits per heavy atom. The summed E-state index contributed by atoms with van der Waals surface area (Å²) in [5.41, 5.74) is -1.14. The van der Waals surface area contributed by atoms with Gasteiger partial charge in [0.15, 0.2) is 5.82 Å². The number of hydrogen-bond donors (Lipinski definition) is 0. The average molecular weight is 320 g/mol. The lowest BCUT2D eigenvalue weighted by Gasteiger charge is -2.29. The van der Waals surface area contributed by atoms with Crippen molar-refractivity contribution in [1.82, 2.24) is 19.9 Å². The van der Waals surface area contributed by atoms with E-state index in [9.17, 15) is 17.6 Å². The van der Waals surface area contributed by atoms with E-state index in [1.807, 2.05) is 0 Å². The minimum atomic E-state index is -2.93. The van der Waals surface area contributed by atoms with E-state index >= 15 is 0 Å². The molecule has 0 aliphatic carbocycles. The third-order valence-corrected chi connectivity index (χ3v) is 3.50. The Morgan fingerprint density at radius 1 is 1.27 bits per heavy atom. The topological polar surface area (TPSA) is 56.7 Å². The van der Waals surface area contributed by atoms with Crippen LogP contribution >= 0.6 is 0 Å². The Labute approximate surface area is 124 Å². The third-order valence-electron chi connectivity index (χ3n) is 3.50. The first-order valence-electron chi connectivity index (χ1n) is 6.61. The molecule has 0 N–H and O–H groups in total. The first-order chi connectivity index (χ1) is 10.1. The van der Waals surface area contributed by atoms with Gasteiger partial charge >= 0.3 is 0 Å². The molecule has 0 radical (unpaired) electrons. The molecule has 2 aromatic rings. The third kappa shape index (κ3) is 3.45. The van der Waals surface area contributed by atoms with Crippen LogP contribution in [-0.2, 0) is 13.0 Å². The fourth-order valence-electron chi connectivity index (χ4n) is 1.77. The van der Waals surface area contributed by atoms with Crippen molar-refractivity contribution in [3.05, 3.63) is 18.1 Å². The summed E-state index contributed by atoms with van der Waals surface area (Å²) in [5, 5.41) is 7.39. The number of halogens is 4. The molecule has 2 heterocycles. The standard InChI is InChI=1S/C13H16F4N4O/c1-12(2,13(3,16)17)6-10-19-11(22-20-10)8-4-5-18-21(8)7-9(14)15/h4-5,9H,6-7H2,1-3H3. The maximum absolute atomic E-state index is 13.5. The Morgan fingerprint density at radius 2 is 1.95 bits per heavy atom. The minimum absolute atomic E-state index is 0.0247. The summed E-state index contributed by atoms with van der Waals surface area (Å²) in [6.07, 6.45) is -1.37. The summed E-state index contributed by atoms with van der Waals surface area (Å²) in [7, 11) is 0. The second kappa shape index (κ2) is 5.69. The normalized spacial score (nSPS) is 13.1. The molecule has 0 spiro atoms. The highest BCUT2D eigenvalue weighted by atomic mass is 19.3. The fraction of sp³-hybridized carbons (Fsp3) is 0.615. The van der Waals surface area contributed by atoms with Crippen LogP contribution in [0.15, 0.2) is 16.8 Å². The van der Waals surface area contributed by atoms with Crippen LogP contribution in [0.25, 0.3) is 11.6 Å². The number of hydrogen-bond acceptors (Lipinski definition) is 4.